The first kappa shape index (κ1) is 19.1. The van der Waals surface area contributed by atoms with Crippen molar-refractivity contribution >= 4 is 40.1 Å². The quantitative estimate of drug-likeness (QED) is 0.483. The van der Waals surface area contributed by atoms with Crippen LogP contribution in [0.3, 0.4) is 0 Å². The van der Waals surface area contributed by atoms with Crippen LogP contribution in [0, 0.1) is 0 Å². The Balaban J connectivity index is 1.59. The molecule has 1 fully saturated rings. The second-order valence-corrected chi connectivity index (χ2v) is 7.33. The minimum Gasteiger partial charge on any atom is -0.383 e. The number of ether oxygens (including phenoxy) is 1. The third kappa shape index (κ3) is 3.71. The van der Waals surface area contributed by atoms with Gasteiger partial charge in [0.15, 0.2) is 5.65 Å². The van der Waals surface area contributed by atoms with Crippen molar-refractivity contribution in [1.29, 1.82) is 0 Å². The van der Waals surface area contributed by atoms with E-state index >= 15 is 0 Å². The molecule has 156 valence electrons. The van der Waals surface area contributed by atoms with E-state index in [1.807, 2.05) is 36.4 Å². The summed E-state index contributed by atoms with van der Waals surface area (Å²) in [7, 11) is 0. The Labute approximate surface area is 178 Å². The van der Waals surface area contributed by atoms with Crippen LogP contribution in [0.2, 0.25) is 0 Å². The van der Waals surface area contributed by atoms with E-state index in [9.17, 15) is 4.79 Å². The number of amides is 1. The molecule has 0 aliphatic carbocycles. The van der Waals surface area contributed by atoms with E-state index in [4.69, 9.17) is 10.5 Å². The lowest BCUT2D eigenvalue weighted by Crippen LogP contribution is -2.32. The molecule has 4 heterocycles. The molecule has 0 radical (unpaired) electrons. The molecule has 0 bridgehead atoms. The van der Waals surface area contributed by atoms with E-state index in [1.54, 1.807) is 18.6 Å². The van der Waals surface area contributed by atoms with Crippen LogP contribution in [0.5, 0.6) is 0 Å². The van der Waals surface area contributed by atoms with Crippen molar-refractivity contribution in [3.8, 4) is 0 Å². The van der Waals surface area contributed by atoms with E-state index in [0.29, 0.717) is 28.7 Å². The Bertz CT molecular complexity index is 1280. The Morgan fingerprint density at radius 1 is 1.23 bits per heavy atom. The lowest BCUT2D eigenvalue weighted by atomic mass is 10.2. The van der Waals surface area contributed by atoms with Gasteiger partial charge in [0.2, 0.25) is 0 Å². The standard InChI is InChI=1S/C22H21N7O2/c23-20-18(22(30)25-13-15-4-3-11-31-15)19-21(28-17-6-2-1-5-16(17)27-19)29(20)26-12-14-7-9-24-10-8-14/h1-2,5-10,12,15H,3-4,11,13,23H2,(H,25,30)/t15-/m1/s1. The molecule has 1 saturated heterocycles. The van der Waals surface area contributed by atoms with Crippen molar-refractivity contribution in [2.24, 2.45) is 5.10 Å². The molecule has 31 heavy (non-hydrogen) atoms. The Hall–Kier alpha value is -3.85. The van der Waals surface area contributed by atoms with Gasteiger partial charge in [0, 0.05) is 25.5 Å². The van der Waals surface area contributed by atoms with Crippen LogP contribution in [-0.4, -0.2) is 51.0 Å². The van der Waals surface area contributed by atoms with Gasteiger partial charge in [-0.15, -0.1) is 0 Å². The topological polar surface area (TPSA) is 120 Å². The molecular formula is C22H21N7O2. The van der Waals surface area contributed by atoms with E-state index in [-0.39, 0.29) is 23.4 Å². The average Bonchev–Trinajstić information content (AvgIpc) is 3.41. The van der Waals surface area contributed by atoms with Crippen LogP contribution >= 0.6 is 0 Å². The summed E-state index contributed by atoms with van der Waals surface area (Å²) in [4.78, 5) is 26.4. The Morgan fingerprint density at radius 2 is 2.00 bits per heavy atom. The number of anilines is 1. The monoisotopic (exact) mass is 415 g/mol. The van der Waals surface area contributed by atoms with E-state index < -0.39 is 0 Å². The highest BCUT2D eigenvalue weighted by Crippen LogP contribution is 2.28. The first-order valence-corrected chi connectivity index (χ1v) is 10.1. The highest BCUT2D eigenvalue weighted by molar-refractivity contribution is 6.10. The maximum atomic E-state index is 13.1. The average molecular weight is 415 g/mol. The molecule has 9 heteroatoms. The molecule has 5 rings (SSSR count). The molecular weight excluding hydrogens is 394 g/mol. The summed E-state index contributed by atoms with van der Waals surface area (Å²) in [5.74, 6) is -0.138. The van der Waals surface area contributed by atoms with Gasteiger partial charge < -0.3 is 15.8 Å². The fraction of sp³-hybridized carbons (Fsp3) is 0.227. The number of nitrogens with one attached hydrogen (secondary N) is 1. The largest absolute Gasteiger partial charge is 0.383 e. The normalized spacial score (nSPS) is 16.5. The number of carbonyl (C=O) groups excluding carboxylic acids is 1. The van der Waals surface area contributed by atoms with Gasteiger partial charge in [0.1, 0.15) is 16.9 Å². The fourth-order valence-electron chi connectivity index (χ4n) is 3.66. The zero-order valence-corrected chi connectivity index (χ0v) is 16.7. The maximum Gasteiger partial charge on any atom is 0.257 e. The molecule has 0 saturated carbocycles. The number of aromatic nitrogens is 4. The smallest absolute Gasteiger partial charge is 0.257 e. The molecule has 0 unspecified atom stereocenters. The summed E-state index contributed by atoms with van der Waals surface area (Å²) in [5, 5.41) is 7.41. The second-order valence-electron chi connectivity index (χ2n) is 7.33. The van der Waals surface area contributed by atoms with Crippen LogP contribution in [0.1, 0.15) is 28.8 Å². The minimum atomic E-state index is -0.319. The Morgan fingerprint density at radius 3 is 2.74 bits per heavy atom. The summed E-state index contributed by atoms with van der Waals surface area (Å²) in [6.45, 7) is 1.15. The highest BCUT2D eigenvalue weighted by Gasteiger charge is 2.25. The van der Waals surface area contributed by atoms with Crippen LogP contribution < -0.4 is 11.1 Å². The van der Waals surface area contributed by atoms with Crippen molar-refractivity contribution < 1.29 is 9.53 Å². The number of fused-ring (bicyclic) bond motifs is 2. The number of carbonyl (C=O) groups is 1. The molecule has 1 aromatic carbocycles. The van der Waals surface area contributed by atoms with Gasteiger partial charge in [-0.05, 0) is 42.7 Å². The number of benzene rings is 1. The second kappa shape index (κ2) is 8.11. The Kier molecular flexibility index (Phi) is 5.01. The number of nitrogens with two attached hydrogens (primary N) is 1. The van der Waals surface area contributed by atoms with E-state index in [1.165, 1.54) is 4.68 Å². The van der Waals surface area contributed by atoms with Gasteiger partial charge in [-0.3, -0.25) is 9.78 Å². The molecule has 1 amide bonds. The molecule has 0 spiro atoms. The highest BCUT2D eigenvalue weighted by atomic mass is 16.5. The number of nitrogens with zero attached hydrogens (tertiary/aromatic N) is 5. The molecule has 1 aliphatic heterocycles. The van der Waals surface area contributed by atoms with Crippen molar-refractivity contribution in [1.82, 2.24) is 24.9 Å². The van der Waals surface area contributed by atoms with Crippen LogP contribution in [0.15, 0.2) is 53.9 Å². The fourth-order valence-corrected chi connectivity index (χ4v) is 3.66. The summed E-state index contributed by atoms with van der Waals surface area (Å²) < 4.78 is 7.05. The van der Waals surface area contributed by atoms with Gasteiger partial charge in [-0.1, -0.05) is 12.1 Å². The molecule has 3 aromatic heterocycles. The van der Waals surface area contributed by atoms with Crippen LogP contribution in [-0.2, 0) is 4.74 Å². The van der Waals surface area contributed by atoms with Gasteiger partial charge in [-0.2, -0.15) is 9.78 Å². The summed E-state index contributed by atoms with van der Waals surface area (Å²) in [5.41, 5.74) is 9.70. The van der Waals surface area contributed by atoms with Crippen LogP contribution in [0.4, 0.5) is 5.82 Å². The minimum absolute atomic E-state index is 0.0233. The number of hydrogen-bond donors (Lipinski definition) is 2. The van der Waals surface area contributed by atoms with Gasteiger partial charge in [0.25, 0.3) is 5.91 Å². The van der Waals surface area contributed by atoms with Gasteiger partial charge >= 0.3 is 0 Å². The zero-order valence-electron chi connectivity index (χ0n) is 16.7. The van der Waals surface area contributed by atoms with Gasteiger partial charge in [0.05, 0.1) is 23.4 Å². The molecule has 9 nitrogen and oxygen atoms in total. The van der Waals surface area contributed by atoms with Crippen molar-refractivity contribution in [3.63, 3.8) is 0 Å². The third-order valence-electron chi connectivity index (χ3n) is 5.24. The van der Waals surface area contributed by atoms with Crippen molar-refractivity contribution in [2.75, 3.05) is 18.9 Å². The number of hydrogen-bond acceptors (Lipinski definition) is 7. The number of nitrogen functional groups attached to an aromatic ring is 1. The van der Waals surface area contributed by atoms with Crippen molar-refractivity contribution in [2.45, 2.75) is 18.9 Å². The third-order valence-corrected chi connectivity index (χ3v) is 5.24. The van der Waals surface area contributed by atoms with Crippen molar-refractivity contribution in [3.05, 3.63) is 59.9 Å². The SMILES string of the molecule is Nc1c(C(=O)NC[C@H]2CCCO2)c2nc3ccccc3nc2n1N=Cc1ccncc1. The molecule has 1 atom stereocenters. The predicted octanol–water partition coefficient (Wildman–Crippen LogP) is 2.35. The summed E-state index contributed by atoms with van der Waals surface area (Å²) in [6.07, 6.45) is 6.95. The van der Waals surface area contributed by atoms with Gasteiger partial charge in [-0.25, -0.2) is 9.97 Å². The lowest BCUT2D eigenvalue weighted by Gasteiger charge is -2.10. The summed E-state index contributed by atoms with van der Waals surface area (Å²) in [6, 6.07) is 11.1. The van der Waals surface area contributed by atoms with Crippen LogP contribution in [0.25, 0.3) is 22.2 Å². The summed E-state index contributed by atoms with van der Waals surface area (Å²) >= 11 is 0. The van der Waals surface area contributed by atoms with E-state index in [2.05, 4.69) is 25.4 Å². The number of rotatable bonds is 5. The van der Waals surface area contributed by atoms with E-state index in [0.717, 1.165) is 25.0 Å². The molecule has 4 aromatic rings. The number of para-hydroxylation sites is 2. The predicted molar refractivity (Wildman–Crippen MR) is 118 cm³/mol. The molecule has 1 aliphatic rings. The first-order chi connectivity index (χ1) is 15.2. The lowest BCUT2D eigenvalue weighted by molar-refractivity contribution is 0.0859. The zero-order chi connectivity index (χ0) is 21.2. The molecule has 3 N–H and O–H groups in total. The first-order valence-electron chi connectivity index (χ1n) is 10.1. The maximum absolute atomic E-state index is 13.1. The number of pyridine rings is 1.